The highest BCUT2D eigenvalue weighted by molar-refractivity contribution is 5.78. The molecule has 0 aromatic heterocycles. The molecule has 1 heterocycles. The van der Waals surface area contributed by atoms with Gasteiger partial charge >= 0.3 is 11.9 Å². The number of hydrogen-bond donors (Lipinski definition) is 2. The molecule has 4 atom stereocenters. The lowest BCUT2D eigenvalue weighted by Crippen LogP contribution is -2.57. The van der Waals surface area contributed by atoms with Crippen LogP contribution < -0.4 is 5.32 Å². The van der Waals surface area contributed by atoms with Gasteiger partial charge in [0, 0.05) is 12.8 Å². The monoisotopic (exact) mass is 780 g/mol. The van der Waals surface area contributed by atoms with Crippen molar-refractivity contribution in [1.29, 1.82) is 0 Å². The first kappa shape index (κ1) is 51.3. The van der Waals surface area contributed by atoms with Gasteiger partial charge in [0.15, 0.2) is 6.10 Å². The molecule has 324 valence electrons. The van der Waals surface area contributed by atoms with Crippen LogP contribution >= 0.6 is 0 Å². The lowest BCUT2D eigenvalue weighted by molar-refractivity contribution is -0.172. The molecule has 1 fully saturated rings. The van der Waals surface area contributed by atoms with Gasteiger partial charge in [-0.1, -0.05) is 201 Å². The van der Waals surface area contributed by atoms with Gasteiger partial charge in [-0.2, -0.15) is 0 Å². The van der Waals surface area contributed by atoms with E-state index in [0.29, 0.717) is 19.3 Å². The molecule has 0 saturated carbocycles. The molecule has 55 heavy (non-hydrogen) atoms. The van der Waals surface area contributed by atoms with Crippen LogP contribution in [0.2, 0.25) is 0 Å². The fourth-order valence-corrected chi connectivity index (χ4v) is 7.74. The van der Waals surface area contributed by atoms with E-state index in [4.69, 9.17) is 14.2 Å². The maximum Gasteiger partial charge on any atom is 0.306 e. The summed E-state index contributed by atoms with van der Waals surface area (Å²) in [6.45, 7) is 6.94. The molecule has 0 radical (unpaired) electrons. The van der Waals surface area contributed by atoms with Crippen LogP contribution in [0.3, 0.4) is 0 Å². The number of carbonyl (C=O) groups excluding carboxylic acids is 3. The van der Waals surface area contributed by atoms with E-state index < -0.39 is 24.4 Å². The summed E-state index contributed by atoms with van der Waals surface area (Å²) in [5.74, 6) is -0.853. The van der Waals surface area contributed by atoms with E-state index in [-0.39, 0.29) is 37.5 Å². The van der Waals surface area contributed by atoms with Crippen LogP contribution in [0.5, 0.6) is 0 Å². The Kier molecular flexibility index (Phi) is 35.4. The van der Waals surface area contributed by atoms with Crippen molar-refractivity contribution in [3.63, 3.8) is 0 Å². The molecule has 0 bridgehead atoms. The summed E-state index contributed by atoms with van der Waals surface area (Å²) >= 11 is 0. The van der Waals surface area contributed by atoms with Gasteiger partial charge in [-0.25, -0.2) is 0 Å². The van der Waals surface area contributed by atoms with E-state index in [1.165, 1.54) is 141 Å². The number of amides is 1. The summed E-state index contributed by atoms with van der Waals surface area (Å²) in [5.41, 5.74) is 0. The van der Waals surface area contributed by atoms with Crippen LogP contribution in [-0.2, 0) is 28.6 Å². The van der Waals surface area contributed by atoms with E-state index in [1.54, 1.807) is 0 Å². The summed E-state index contributed by atoms with van der Waals surface area (Å²) in [6, 6.07) is -0.655. The zero-order chi connectivity index (χ0) is 40.0. The minimum absolute atomic E-state index is 0.0486. The molecular weight excluding hydrogens is 691 g/mol. The number of rotatable bonds is 39. The molecule has 1 unspecified atom stereocenters. The molecule has 1 rings (SSSR count). The summed E-state index contributed by atoms with van der Waals surface area (Å²) in [7, 11) is 0. The van der Waals surface area contributed by atoms with Crippen molar-refractivity contribution in [2.24, 2.45) is 0 Å². The maximum absolute atomic E-state index is 13.4. The zero-order valence-electron chi connectivity index (χ0n) is 36.4. The molecule has 0 spiro atoms. The number of unbranched alkanes of at least 4 members (excludes halogenated alkanes) is 28. The van der Waals surface area contributed by atoms with Crippen molar-refractivity contribution in [3.05, 3.63) is 0 Å². The number of esters is 2. The average Bonchev–Trinajstić information content (AvgIpc) is 3.16. The SMILES string of the molecule is CCCCCCCCCCCCCC(=O)OC(CCCCCCCCCCC)CC(=O)N[C@H]1COC[C@@H](O)[C@@H]1OC(=O)CCCCCCCCCCCCC. The van der Waals surface area contributed by atoms with Crippen molar-refractivity contribution in [2.75, 3.05) is 13.2 Å². The lowest BCUT2D eigenvalue weighted by Gasteiger charge is -2.35. The van der Waals surface area contributed by atoms with Crippen LogP contribution in [0, 0.1) is 0 Å². The smallest absolute Gasteiger partial charge is 0.306 e. The molecule has 2 N–H and O–H groups in total. The Morgan fingerprint density at radius 3 is 1.36 bits per heavy atom. The van der Waals surface area contributed by atoms with E-state index in [0.717, 1.165) is 57.8 Å². The number of hydrogen-bond acceptors (Lipinski definition) is 7. The number of aliphatic hydroxyl groups is 1. The summed E-state index contributed by atoms with van der Waals surface area (Å²) in [5, 5.41) is 13.6. The Bertz CT molecular complexity index is 899. The molecule has 1 aliphatic heterocycles. The van der Waals surface area contributed by atoms with Gasteiger partial charge in [-0.15, -0.1) is 0 Å². The van der Waals surface area contributed by atoms with Crippen molar-refractivity contribution in [2.45, 2.75) is 270 Å². The molecular formula is C47H89NO7. The van der Waals surface area contributed by atoms with E-state index in [1.807, 2.05) is 0 Å². The van der Waals surface area contributed by atoms with E-state index >= 15 is 0 Å². The van der Waals surface area contributed by atoms with Gasteiger partial charge in [0.2, 0.25) is 5.91 Å². The average molecular weight is 780 g/mol. The minimum Gasteiger partial charge on any atom is -0.462 e. The molecule has 8 nitrogen and oxygen atoms in total. The summed E-state index contributed by atoms with van der Waals surface area (Å²) in [4.78, 5) is 39.1. The first-order chi connectivity index (χ1) is 26.9. The molecule has 1 amide bonds. The fraction of sp³-hybridized carbons (Fsp3) is 0.936. The van der Waals surface area contributed by atoms with Crippen LogP contribution in [0.1, 0.15) is 245 Å². The van der Waals surface area contributed by atoms with Crippen LogP contribution in [0.4, 0.5) is 0 Å². The predicted octanol–water partition coefficient (Wildman–Crippen LogP) is 12.4. The quantitative estimate of drug-likeness (QED) is 0.0472. The number of carbonyl (C=O) groups is 3. The normalized spacial score (nSPS) is 17.6. The molecule has 0 aromatic carbocycles. The fourth-order valence-electron chi connectivity index (χ4n) is 7.74. The van der Waals surface area contributed by atoms with Crippen LogP contribution in [0.15, 0.2) is 0 Å². The Balaban J connectivity index is 2.50. The first-order valence-electron chi connectivity index (χ1n) is 23.8. The van der Waals surface area contributed by atoms with E-state index in [9.17, 15) is 19.5 Å². The number of aliphatic hydroxyl groups excluding tert-OH is 1. The summed E-state index contributed by atoms with van der Waals surface area (Å²) in [6.07, 6.45) is 36.5. The molecule has 1 saturated heterocycles. The Morgan fingerprint density at radius 1 is 0.545 bits per heavy atom. The molecule has 0 aromatic rings. The molecule has 8 heteroatoms. The van der Waals surface area contributed by atoms with Crippen LogP contribution in [-0.4, -0.2) is 60.5 Å². The van der Waals surface area contributed by atoms with Gasteiger partial charge in [-0.05, 0) is 25.7 Å². The van der Waals surface area contributed by atoms with Gasteiger partial charge in [0.1, 0.15) is 12.2 Å². The zero-order valence-corrected chi connectivity index (χ0v) is 36.4. The van der Waals surface area contributed by atoms with Crippen LogP contribution in [0.25, 0.3) is 0 Å². The predicted molar refractivity (Wildman–Crippen MR) is 227 cm³/mol. The lowest BCUT2D eigenvalue weighted by atomic mass is 10.0. The van der Waals surface area contributed by atoms with Crippen molar-refractivity contribution >= 4 is 17.8 Å². The van der Waals surface area contributed by atoms with Gasteiger partial charge in [0.05, 0.1) is 25.7 Å². The summed E-state index contributed by atoms with van der Waals surface area (Å²) < 4.78 is 17.2. The maximum atomic E-state index is 13.4. The third-order valence-corrected chi connectivity index (χ3v) is 11.3. The van der Waals surface area contributed by atoms with Crippen molar-refractivity contribution < 1.29 is 33.7 Å². The standard InChI is InChI=1S/C47H89NO7/c1-4-7-10-13-16-19-21-24-27-30-33-36-45(51)54-41(35-32-29-26-23-18-15-12-9-6-3)38-44(50)48-42-39-53-40-43(49)47(42)55-46(52)37-34-31-28-25-22-20-17-14-11-8-5-2/h41-43,47,49H,4-40H2,1-3H3,(H,48,50)/t41?,42-,43+,47+/m0/s1. The highest BCUT2D eigenvalue weighted by Gasteiger charge is 2.37. The minimum atomic E-state index is -1.01. The second kappa shape index (κ2) is 37.9. The first-order valence-corrected chi connectivity index (χ1v) is 23.8. The largest absolute Gasteiger partial charge is 0.462 e. The van der Waals surface area contributed by atoms with Gasteiger partial charge in [-0.3, -0.25) is 14.4 Å². The highest BCUT2D eigenvalue weighted by Crippen LogP contribution is 2.19. The Hall–Kier alpha value is -1.67. The van der Waals surface area contributed by atoms with Crippen molar-refractivity contribution in [1.82, 2.24) is 5.32 Å². The van der Waals surface area contributed by atoms with Crippen molar-refractivity contribution in [3.8, 4) is 0 Å². The van der Waals surface area contributed by atoms with E-state index in [2.05, 4.69) is 26.1 Å². The number of ether oxygens (including phenoxy) is 3. The second-order valence-electron chi connectivity index (χ2n) is 16.7. The third kappa shape index (κ3) is 31.1. The Morgan fingerprint density at radius 2 is 0.927 bits per heavy atom. The second-order valence-corrected chi connectivity index (χ2v) is 16.7. The van der Waals surface area contributed by atoms with Gasteiger partial charge in [0.25, 0.3) is 0 Å². The third-order valence-electron chi connectivity index (χ3n) is 11.3. The Labute approximate surface area is 339 Å². The van der Waals surface area contributed by atoms with Gasteiger partial charge < -0.3 is 24.6 Å². The molecule has 1 aliphatic rings. The highest BCUT2D eigenvalue weighted by atomic mass is 16.6. The topological polar surface area (TPSA) is 111 Å². The molecule has 0 aliphatic carbocycles. The number of nitrogens with one attached hydrogen (secondary N) is 1.